The smallest absolute Gasteiger partial charge is 0.131 e. The molecule has 0 spiro atoms. The van der Waals surface area contributed by atoms with E-state index in [0.29, 0.717) is 5.02 Å². The second kappa shape index (κ2) is 6.22. The Morgan fingerprint density at radius 1 is 1.13 bits per heavy atom. The number of amidine groups is 1. The summed E-state index contributed by atoms with van der Waals surface area (Å²) < 4.78 is 13.7. The van der Waals surface area contributed by atoms with E-state index in [2.05, 4.69) is 15.3 Å². The summed E-state index contributed by atoms with van der Waals surface area (Å²) in [6.07, 6.45) is 0. The van der Waals surface area contributed by atoms with Gasteiger partial charge in [-0.15, -0.1) is 12.4 Å². The van der Waals surface area contributed by atoms with Gasteiger partial charge in [-0.1, -0.05) is 29.8 Å². The van der Waals surface area contributed by atoms with Gasteiger partial charge in [0.15, 0.2) is 0 Å². The predicted octanol–water partition coefficient (Wildman–Crippen LogP) is 4.40. The monoisotopic (exact) mass is 349 g/mol. The van der Waals surface area contributed by atoms with Crippen molar-refractivity contribution in [1.82, 2.24) is 10.3 Å². The molecule has 2 heterocycles. The van der Waals surface area contributed by atoms with E-state index in [1.165, 1.54) is 12.1 Å². The first-order chi connectivity index (χ1) is 10.7. The molecule has 0 aliphatic carbocycles. The van der Waals surface area contributed by atoms with Crippen LogP contribution in [0.25, 0.3) is 22.2 Å². The average molecular weight is 350 g/mol. The zero-order chi connectivity index (χ0) is 15.1. The standard InChI is InChI=1S/C17H13ClFN3.ClH/c18-13-4-2-1-3-11(13)16-15(17-20-7-8-21-17)12-9-10(19)5-6-14(12)22-16;/h1-6,9,22H,7-8H2,(H,20,21);1H. The molecule has 3 aromatic rings. The average Bonchev–Trinajstić information content (AvgIpc) is 3.14. The highest BCUT2D eigenvalue weighted by atomic mass is 35.5. The third-order valence-corrected chi connectivity index (χ3v) is 4.14. The van der Waals surface area contributed by atoms with Gasteiger partial charge < -0.3 is 10.3 Å². The molecule has 1 aliphatic heterocycles. The van der Waals surface area contributed by atoms with Crippen molar-refractivity contribution in [2.24, 2.45) is 4.99 Å². The number of benzene rings is 2. The maximum atomic E-state index is 13.7. The number of hydrogen-bond donors (Lipinski definition) is 2. The fraction of sp³-hybridized carbons (Fsp3) is 0.118. The second-order valence-electron chi connectivity index (χ2n) is 5.20. The number of aromatic nitrogens is 1. The van der Waals surface area contributed by atoms with Crippen LogP contribution < -0.4 is 5.32 Å². The van der Waals surface area contributed by atoms with Crippen LogP contribution in [0.4, 0.5) is 4.39 Å². The van der Waals surface area contributed by atoms with Crippen LogP contribution in [0.15, 0.2) is 47.5 Å². The van der Waals surface area contributed by atoms with Crippen molar-refractivity contribution in [3.8, 4) is 11.3 Å². The van der Waals surface area contributed by atoms with Crippen molar-refractivity contribution in [1.29, 1.82) is 0 Å². The lowest BCUT2D eigenvalue weighted by Crippen LogP contribution is -2.19. The zero-order valence-corrected chi connectivity index (χ0v) is 13.6. The fourth-order valence-corrected chi connectivity index (χ4v) is 3.07. The number of nitrogens with one attached hydrogen (secondary N) is 2. The Morgan fingerprint density at radius 3 is 2.70 bits per heavy atom. The summed E-state index contributed by atoms with van der Waals surface area (Å²) >= 11 is 6.34. The minimum Gasteiger partial charge on any atom is -0.368 e. The van der Waals surface area contributed by atoms with E-state index in [-0.39, 0.29) is 18.2 Å². The van der Waals surface area contributed by atoms with Gasteiger partial charge in [0.05, 0.1) is 17.8 Å². The molecule has 2 N–H and O–H groups in total. The lowest BCUT2D eigenvalue weighted by atomic mass is 10.0. The molecule has 1 aromatic heterocycles. The molecule has 0 fully saturated rings. The van der Waals surface area contributed by atoms with Gasteiger partial charge >= 0.3 is 0 Å². The molecule has 4 rings (SSSR count). The maximum absolute atomic E-state index is 13.7. The van der Waals surface area contributed by atoms with Crippen LogP contribution in [0.2, 0.25) is 5.02 Å². The van der Waals surface area contributed by atoms with E-state index in [0.717, 1.165) is 46.6 Å². The Bertz CT molecular complexity index is 902. The highest BCUT2D eigenvalue weighted by Gasteiger charge is 2.21. The highest BCUT2D eigenvalue weighted by molar-refractivity contribution is 6.33. The van der Waals surface area contributed by atoms with Crippen molar-refractivity contribution in [3.05, 3.63) is 58.9 Å². The number of hydrogen-bond acceptors (Lipinski definition) is 2. The van der Waals surface area contributed by atoms with E-state index in [1.807, 2.05) is 24.3 Å². The Labute approximate surface area is 144 Å². The topological polar surface area (TPSA) is 40.2 Å². The van der Waals surface area contributed by atoms with Crippen molar-refractivity contribution in [3.63, 3.8) is 0 Å². The molecule has 0 radical (unpaired) electrons. The van der Waals surface area contributed by atoms with Gasteiger partial charge in [-0.25, -0.2) is 4.39 Å². The van der Waals surface area contributed by atoms with Gasteiger partial charge in [-0.3, -0.25) is 4.99 Å². The van der Waals surface area contributed by atoms with Crippen molar-refractivity contribution in [2.45, 2.75) is 0 Å². The van der Waals surface area contributed by atoms with Crippen LogP contribution in [0.1, 0.15) is 5.56 Å². The van der Waals surface area contributed by atoms with E-state index in [1.54, 1.807) is 6.07 Å². The van der Waals surface area contributed by atoms with Gasteiger partial charge in [0.1, 0.15) is 11.7 Å². The predicted molar refractivity (Wildman–Crippen MR) is 95.4 cm³/mol. The van der Waals surface area contributed by atoms with Crippen LogP contribution in [0.3, 0.4) is 0 Å². The molecule has 0 saturated heterocycles. The largest absolute Gasteiger partial charge is 0.368 e. The molecule has 0 unspecified atom stereocenters. The molecule has 1 aliphatic rings. The molecular formula is C17H14Cl2FN3. The number of rotatable bonds is 2. The molecule has 0 saturated carbocycles. The minimum atomic E-state index is -0.267. The Kier molecular flexibility index (Phi) is 4.28. The van der Waals surface area contributed by atoms with E-state index >= 15 is 0 Å². The van der Waals surface area contributed by atoms with Crippen LogP contribution in [0.5, 0.6) is 0 Å². The van der Waals surface area contributed by atoms with E-state index in [9.17, 15) is 4.39 Å². The summed E-state index contributed by atoms with van der Waals surface area (Å²) in [4.78, 5) is 7.85. The molecule has 118 valence electrons. The highest BCUT2D eigenvalue weighted by Crippen LogP contribution is 2.35. The normalized spacial score (nSPS) is 13.6. The van der Waals surface area contributed by atoms with Gasteiger partial charge in [0.25, 0.3) is 0 Å². The third-order valence-electron chi connectivity index (χ3n) is 3.81. The Balaban J connectivity index is 0.00000156. The van der Waals surface area contributed by atoms with Gasteiger partial charge in [0, 0.05) is 28.0 Å². The molecule has 3 nitrogen and oxygen atoms in total. The number of nitrogens with zero attached hydrogens (tertiary/aromatic N) is 1. The molecule has 0 bridgehead atoms. The second-order valence-corrected chi connectivity index (χ2v) is 5.61. The lowest BCUT2D eigenvalue weighted by molar-refractivity contribution is 0.629. The summed E-state index contributed by atoms with van der Waals surface area (Å²) in [5.74, 6) is 0.517. The first kappa shape index (κ1) is 15.8. The lowest BCUT2D eigenvalue weighted by Gasteiger charge is -2.07. The van der Waals surface area contributed by atoms with Crippen LogP contribution in [-0.2, 0) is 0 Å². The summed E-state index contributed by atoms with van der Waals surface area (Å²) in [6.45, 7) is 1.51. The molecule has 0 amide bonds. The van der Waals surface area contributed by atoms with Crippen molar-refractivity contribution < 1.29 is 4.39 Å². The quantitative estimate of drug-likeness (QED) is 0.707. The number of aliphatic imine (C=N–C) groups is 1. The molecule has 6 heteroatoms. The minimum absolute atomic E-state index is 0. The summed E-state index contributed by atoms with van der Waals surface area (Å²) in [5.41, 5.74) is 3.48. The number of halogens is 3. The number of H-pyrrole nitrogens is 1. The molecule has 23 heavy (non-hydrogen) atoms. The molecule has 2 aromatic carbocycles. The zero-order valence-electron chi connectivity index (χ0n) is 12.1. The molecule has 0 atom stereocenters. The number of aromatic amines is 1. The first-order valence-electron chi connectivity index (χ1n) is 7.09. The Hall–Kier alpha value is -2.04. The van der Waals surface area contributed by atoms with Crippen LogP contribution in [-0.4, -0.2) is 23.9 Å². The summed E-state index contributed by atoms with van der Waals surface area (Å²) in [7, 11) is 0. The third kappa shape index (κ3) is 2.69. The van der Waals surface area contributed by atoms with Gasteiger partial charge in [0.2, 0.25) is 0 Å². The SMILES string of the molecule is Cl.Fc1ccc2[nH]c(-c3ccccc3Cl)c(C3=NCCN3)c2c1. The summed E-state index contributed by atoms with van der Waals surface area (Å²) in [5, 5.41) is 4.72. The maximum Gasteiger partial charge on any atom is 0.131 e. The summed E-state index contributed by atoms with van der Waals surface area (Å²) in [6, 6.07) is 12.3. The molecular weight excluding hydrogens is 336 g/mol. The van der Waals surface area contributed by atoms with Crippen molar-refractivity contribution in [2.75, 3.05) is 13.1 Å². The van der Waals surface area contributed by atoms with E-state index < -0.39 is 0 Å². The van der Waals surface area contributed by atoms with Gasteiger partial charge in [-0.05, 0) is 24.3 Å². The van der Waals surface area contributed by atoms with Crippen LogP contribution >= 0.6 is 24.0 Å². The van der Waals surface area contributed by atoms with Crippen molar-refractivity contribution >= 4 is 40.7 Å². The van der Waals surface area contributed by atoms with E-state index in [4.69, 9.17) is 11.6 Å². The fourth-order valence-electron chi connectivity index (χ4n) is 2.84. The first-order valence-corrected chi connectivity index (χ1v) is 7.46. The Morgan fingerprint density at radius 2 is 1.96 bits per heavy atom. The number of fused-ring (bicyclic) bond motifs is 1. The van der Waals surface area contributed by atoms with Gasteiger partial charge in [-0.2, -0.15) is 0 Å². The van der Waals surface area contributed by atoms with Crippen LogP contribution in [0, 0.1) is 5.82 Å².